The predicted molar refractivity (Wildman–Crippen MR) is 57.3 cm³/mol. The lowest BCUT2D eigenvalue weighted by molar-refractivity contribution is -0.138. The largest absolute Gasteiger partial charge is 0.480 e. The molecule has 2 nitrogen and oxygen atoms in total. The van der Waals surface area contributed by atoms with Crippen LogP contribution in [-0.2, 0) is 10.5 Å². The van der Waals surface area contributed by atoms with Crippen molar-refractivity contribution in [3.8, 4) is 0 Å². The average molecular weight is 216 g/mol. The number of carboxylic acids is 1. The minimum Gasteiger partial charge on any atom is -0.480 e. The zero-order valence-corrected chi connectivity index (χ0v) is 9.24. The highest BCUT2D eigenvalue weighted by Gasteiger charge is 2.27. The number of aliphatic carboxylic acids is 1. The highest BCUT2D eigenvalue weighted by Crippen LogP contribution is 2.29. The molecule has 0 aliphatic carbocycles. The Hall–Kier alpha value is -0.480. The van der Waals surface area contributed by atoms with E-state index in [4.69, 9.17) is 5.11 Å². The lowest BCUT2D eigenvalue weighted by Gasteiger charge is -2.17. The molecule has 1 aromatic rings. The van der Waals surface area contributed by atoms with Gasteiger partial charge in [-0.15, -0.1) is 23.1 Å². The van der Waals surface area contributed by atoms with Gasteiger partial charge in [0, 0.05) is 10.6 Å². The summed E-state index contributed by atoms with van der Waals surface area (Å²) in [6, 6.07) is 4.00. The molecule has 0 aromatic carbocycles. The summed E-state index contributed by atoms with van der Waals surface area (Å²) < 4.78 is -0.690. The molecular formula is C9H12O2S2. The summed E-state index contributed by atoms with van der Waals surface area (Å²) in [6.45, 7) is 3.46. The first kappa shape index (κ1) is 10.6. The van der Waals surface area contributed by atoms with E-state index in [9.17, 15) is 4.79 Å². The Morgan fingerprint density at radius 2 is 2.38 bits per heavy atom. The van der Waals surface area contributed by atoms with Crippen LogP contribution in [0.15, 0.2) is 17.5 Å². The molecule has 0 spiro atoms. The van der Waals surface area contributed by atoms with Crippen LogP contribution in [0.3, 0.4) is 0 Å². The normalized spacial score (nSPS) is 11.5. The first-order valence-corrected chi connectivity index (χ1v) is 5.78. The van der Waals surface area contributed by atoms with E-state index in [1.54, 1.807) is 25.2 Å². The molecule has 0 amide bonds. The lowest BCUT2D eigenvalue weighted by atomic mass is 10.2. The quantitative estimate of drug-likeness (QED) is 0.841. The molecule has 0 unspecified atom stereocenters. The Labute approximate surface area is 86.0 Å². The molecule has 4 heteroatoms. The maximum atomic E-state index is 10.8. The summed E-state index contributed by atoms with van der Waals surface area (Å²) in [4.78, 5) is 12.0. The fourth-order valence-corrected chi connectivity index (χ4v) is 2.37. The van der Waals surface area contributed by atoms with E-state index in [2.05, 4.69) is 0 Å². The van der Waals surface area contributed by atoms with Crippen molar-refractivity contribution >= 4 is 29.1 Å². The van der Waals surface area contributed by atoms with Gasteiger partial charge in [0.1, 0.15) is 4.75 Å². The van der Waals surface area contributed by atoms with Gasteiger partial charge < -0.3 is 5.11 Å². The second-order valence-corrected chi connectivity index (χ2v) is 5.81. The van der Waals surface area contributed by atoms with Crippen molar-refractivity contribution in [1.29, 1.82) is 0 Å². The zero-order valence-electron chi connectivity index (χ0n) is 7.61. The van der Waals surface area contributed by atoms with Crippen molar-refractivity contribution in [1.82, 2.24) is 0 Å². The van der Waals surface area contributed by atoms with Crippen LogP contribution >= 0.6 is 23.1 Å². The maximum Gasteiger partial charge on any atom is 0.319 e. The van der Waals surface area contributed by atoms with Gasteiger partial charge in [0.05, 0.1) is 0 Å². The Morgan fingerprint density at radius 3 is 2.85 bits per heavy atom. The minimum absolute atomic E-state index is 0.690. The molecule has 0 aliphatic rings. The lowest BCUT2D eigenvalue weighted by Crippen LogP contribution is -2.27. The average Bonchev–Trinajstić information content (AvgIpc) is 2.52. The molecule has 1 heterocycles. The van der Waals surface area contributed by atoms with E-state index >= 15 is 0 Å². The highest BCUT2D eigenvalue weighted by atomic mass is 32.2. The van der Waals surface area contributed by atoms with Crippen LogP contribution in [0.1, 0.15) is 18.7 Å². The molecule has 1 rings (SSSR count). The third-order valence-electron chi connectivity index (χ3n) is 1.67. The van der Waals surface area contributed by atoms with E-state index < -0.39 is 10.7 Å². The van der Waals surface area contributed by atoms with Crippen molar-refractivity contribution in [3.05, 3.63) is 22.4 Å². The van der Waals surface area contributed by atoms with Crippen molar-refractivity contribution < 1.29 is 9.90 Å². The van der Waals surface area contributed by atoms with Crippen LogP contribution < -0.4 is 0 Å². The number of hydrogen-bond donors (Lipinski definition) is 1. The Kier molecular flexibility index (Phi) is 3.39. The Balaban J connectivity index is 2.47. The monoisotopic (exact) mass is 216 g/mol. The van der Waals surface area contributed by atoms with Gasteiger partial charge in [-0.25, -0.2) is 0 Å². The number of thioether (sulfide) groups is 1. The first-order chi connectivity index (χ1) is 6.02. The topological polar surface area (TPSA) is 37.3 Å². The van der Waals surface area contributed by atoms with Gasteiger partial charge in [-0.2, -0.15) is 0 Å². The van der Waals surface area contributed by atoms with Crippen molar-refractivity contribution in [2.75, 3.05) is 0 Å². The minimum atomic E-state index is -0.756. The SMILES string of the molecule is CC(C)(SCc1cccs1)C(=O)O. The molecule has 72 valence electrons. The van der Waals surface area contributed by atoms with Gasteiger partial charge in [-0.3, -0.25) is 4.79 Å². The fourth-order valence-electron chi connectivity index (χ4n) is 0.708. The van der Waals surface area contributed by atoms with Gasteiger partial charge in [0.25, 0.3) is 0 Å². The van der Waals surface area contributed by atoms with Gasteiger partial charge in [-0.05, 0) is 25.3 Å². The van der Waals surface area contributed by atoms with E-state index in [-0.39, 0.29) is 0 Å². The van der Waals surface area contributed by atoms with E-state index in [0.29, 0.717) is 0 Å². The molecular weight excluding hydrogens is 204 g/mol. The number of carbonyl (C=O) groups is 1. The van der Waals surface area contributed by atoms with Crippen molar-refractivity contribution in [2.24, 2.45) is 0 Å². The number of hydrogen-bond acceptors (Lipinski definition) is 3. The summed E-state index contributed by atoms with van der Waals surface area (Å²) in [5, 5.41) is 10.9. The molecule has 13 heavy (non-hydrogen) atoms. The van der Waals surface area contributed by atoms with Crippen LogP contribution in [0.5, 0.6) is 0 Å². The smallest absolute Gasteiger partial charge is 0.319 e. The summed E-state index contributed by atoms with van der Waals surface area (Å²) >= 11 is 3.12. The summed E-state index contributed by atoms with van der Waals surface area (Å²) in [6.07, 6.45) is 0. The van der Waals surface area contributed by atoms with Crippen LogP contribution in [0.25, 0.3) is 0 Å². The molecule has 0 saturated carbocycles. The van der Waals surface area contributed by atoms with Gasteiger partial charge >= 0.3 is 5.97 Å². The zero-order chi connectivity index (χ0) is 9.90. The van der Waals surface area contributed by atoms with E-state index in [0.717, 1.165) is 5.75 Å². The predicted octanol–water partition coefficient (Wildman–Crippen LogP) is 2.84. The van der Waals surface area contributed by atoms with Gasteiger partial charge in [0.2, 0.25) is 0 Å². The van der Waals surface area contributed by atoms with Crippen LogP contribution in [0.2, 0.25) is 0 Å². The summed E-state index contributed by atoms with van der Waals surface area (Å²) in [5.41, 5.74) is 0. The molecule has 1 aromatic heterocycles. The van der Waals surface area contributed by atoms with Gasteiger partial charge in [0.15, 0.2) is 0 Å². The van der Waals surface area contributed by atoms with E-state index in [1.807, 2.05) is 17.5 Å². The van der Waals surface area contributed by atoms with Crippen LogP contribution in [-0.4, -0.2) is 15.8 Å². The number of thiophene rings is 1. The molecule has 0 aliphatic heterocycles. The van der Waals surface area contributed by atoms with Crippen LogP contribution in [0.4, 0.5) is 0 Å². The third kappa shape index (κ3) is 3.04. The standard InChI is InChI=1S/C9H12O2S2/c1-9(2,8(10)11)13-6-7-4-3-5-12-7/h3-5H,6H2,1-2H3,(H,10,11). The van der Waals surface area contributed by atoms with Gasteiger partial charge in [-0.1, -0.05) is 6.07 Å². The molecule has 0 radical (unpaired) electrons. The second kappa shape index (κ2) is 4.15. The highest BCUT2D eigenvalue weighted by molar-refractivity contribution is 8.00. The number of rotatable bonds is 4. The maximum absolute atomic E-state index is 10.8. The van der Waals surface area contributed by atoms with Crippen LogP contribution in [0, 0.1) is 0 Å². The fraction of sp³-hybridized carbons (Fsp3) is 0.444. The molecule has 1 N–H and O–H groups in total. The van der Waals surface area contributed by atoms with Crippen molar-refractivity contribution in [3.63, 3.8) is 0 Å². The Bertz CT molecular complexity index is 278. The summed E-state index contributed by atoms with van der Waals surface area (Å²) in [5.74, 6) is 0.0193. The molecule has 0 bridgehead atoms. The first-order valence-electron chi connectivity index (χ1n) is 3.92. The Morgan fingerprint density at radius 1 is 1.69 bits per heavy atom. The summed E-state index contributed by atoms with van der Waals surface area (Å²) in [7, 11) is 0. The molecule has 0 saturated heterocycles. The van der Waals surface area contributed by atoms with Crippen molar-refractivity contribution in [2.45, 2.75) is 24.3 Å². The number of carboxylic acid groups (broad SMARTS) is 1. The second-order valence-electron chi connectivity index (χ2n) is 3.18. The molecule has 0 fully saturated rings. The van der Waals surface area contributed by atoms with E-state index in [1.165, 1.54) is 16.6 Å². The molecule has 0 atom stereocenters. The third-order valence-corrected chi connectivity index (χ3v) is 4.08.